The molecule has 2 aliphatic rings. The van der Waals surface area contributed by atoms with E-state index in [0.717, 1.165) is 32.4 Å². The lowest BCUT2D eigenvalue weighted by Gasteiger charge is -2.38. The van der Waals surface area contributed by atoms with Crippen LogP contribution in [-0.4, -0.2) is 42.2 Å². The average molecular weight is 367 g/mol. The molecule has 2 heterocycles. The standard InChI is InChI=1S/C22H26FN3O/c23-20-9-4-10-21(16-20)25-14-15-26(22(25)27)24-13-5-8-19(17-24)12-11-18-6-2-1-3-7-18/h1-4,6-7,9-10,16,19H,5,8,11-15,17H2. The van der Waals surface area contributed by atoms with Gasteiger partial charge in [-0.3, -0.25) is 9.91 Å². The Labute approximate surface area is 160 Å². The minimum atomic E-state index is -0.308. The third kappa shape index (κ3) is 4.14. The van der Waals surface area contributed by atoms with E-state index in [1.165, 1.54) is 24.1 Å². The Hall–Kier alpha value is -2.40. The van der Waals surface area contributed by atoms with E-state index >= 15 is 0 Å². The molecule has 2 saturated heterocycles. The average Bonchev–Trinajstić information content (AvgIpc) is 3.09. The third-order valence-electron chi connectivity index (χ3n) is 5.63. The van der Waals surface area contributed by atoms with Gasteiger partial charge in [-0.05, 0) is 55.4 Å². The summed E-state index contributed by atoms with van der Waals surface area (Å²) in [6.07, 6.45) is 4.57. The van der Waals surface area contributed by atoms with Crippen LogP contribution in [0.25, 0.3) is 0 Å². The molecule has 2 amide bonds. The van der Waals surface area contributed by atoms with Crippen LogP contribution in [0.2, 0.25) is 0 Å². The second-order valence-electron chi connectivity index (χ2n) is 7.48. The molecule has 0 bridgehead atoms. The summed E-state index contributed by atoms with van der Waals surface area (Å²) in [5.41, 5.74) is 2.02. The van der Waals surface area contributed by atoms with E-state index in [1.807, 2.05) is 5.01 Å². The molecule has 142 valence electrons. The van der Waals surface area contributed by atoms with Gasteiger partial charge in [-0.15, -0.1) is 0 Å². The van der Waals surface area contributed by atoms with Crippen molar-refractivity contribution >= 4 is 11.7 Å². The molecule has 0 aliphatic carbocycles. The number of hydrogen-bond acceptors (Lipinski definition) is 2. The van der Waals surface area contributed by atoms with Crippen LogP contribution in [0.3, 0.4) is 0 Å². The Bertz CT molecular complexity index is 782. The predicted octanol–water partition coefficient (Wildman–Crippen LogP) is 4.33. The van der Waals surface area contributed by atoms with Crippen molar-refractivity contribution in [1.29, 1.82) is 0 Å². The summed E-state index contributed by atoms with van der Waals surface area (Å²) in [5, 5.41) is 4.07. The first-order valence-corrected chi connectivity index (χ1v) is 9.84. The van der Waals surface area contributed by atoms with Gasteiger partial charge >= 0.3 is 6.03 Å². The van der Waals surface area contributed by atoms with Gasteiger partial charge in [0.2, 0.25) is 0 Å². The van der Waals surface area contributed by atoms with Crippen molar-refractivity contribution in [3.05, 3.63) is 66.0 Å². The molecule has 1 unspecified atom stereocenters. The number of amides is 2. The third-order valence-corrected chi connectivity index (χ3v) is 5.63. The molecule has 0 aromatic heterocycles. The SMILES string of the molecule is O=C1N(c2cccc(F)c2)CCN1N1CCCC(CCc2ccccc2)C1. The maximum absolute atomic E-state index is 13.5. The van der Waals surface area contributed by atoms with E-state index in [4.69, 9.17) is 0 Å². The normalized spacial score (nSPS) is 21.1. The number of aryl methyl sites for hydroxylation is 1. The second-order valence-corrected chi connectivity index (χ2v) is 7.48. The number of halogens is 1. The van der Waals surface area contributed by atoms with Crippen molar-refractivity contribution in [3.8, 4) is 0 Å². The Balaban J connectivity index is 1.36. The number of nitrogens with zero attached hydrogens (tertiary/aromatic N) is 3. The maximum atomic E-state index is 13.5. The van der Waals surface area contributed by atoms with Crippen molar-refractivity contribution < 1.29 is 9.18 Å². The zero-order chi connectivity index (χ0) is 18.6. The van der Waals surface area contributed by atoms with Crippen molar-refractivity contribution in [3.63, 3.8) is 0 Å². The number of piperidine rings is 1. The van der Waals surface area contributed by atoms with Gasteiger partial charge in [0.15, 0.2) is 0 Å². The van der Waals surface area contributed by atoms with Crippen LogP contribution in [0.4, 0.5) is 14.9 Å². The number of carbonyl (C=O) groups excluding carboxylic acids is 1. The first-order valence-electron chi connectivity index (χ1n) is 9.84. The molecule has 5 heteroatoms. The van der Waals surface area contributed by atoms with E-state index in [1.54, 1.807) is 17.0 Å². The summed E-state index contributed by atoms with van der Waals surface area (Å²) < 4.78 is 13.5. The fraction of sp³-hybridized carbons (Fsp3) is 0.409. The van der Waals surface area contributed by atoms with Crippen molar-refractivity contribution in [2.45, 2.75) is 25.7 Å². The lowest BCUT2D eigenvalue weighted by atomic mass is 9.92. The Kier molecular flexibility index (Phi) is 5.39. The highest BCUT2D eigenvalue weighted by Crippen LogP contribution is 2.27. The molecule has 2 fully saturated rings. The molecule has 0 radical (unpaired) electrons. The number of benzene rings is 2. The van der Waals surface area contributed by atoms with Gasteiger partial charge in [0, 0.05) is 25.3 Å². The number of hydrazine groups is 1. The lowest BCUT2D eigenvalue weighted by molar-refractivity contribution is -0.00550. The minimum Gasteiger partial charge on any atom is -0.291 e. The van der Waals surface area contributed by atoms with E-state index in [0.29, 0.717) is 24.7 Å². The highest BCUT2D eigenvalue weighted by Gasteiger charge is 2.35. The fourth-order valence-corrected chi connectivity index (χ4v) is 4.18. The maximum Gasteiger partial charge on any atom is 0.339 e. The lowest BCUT2D eigenvalue weighted by Crippen LogP contribution is -2.50. The van der Waals surface area contributed by atoms with Crippen LogP contribution >= 0.6 is 0 Å². The molecule has 0 saturated carbocycles. The van der Waals surface area contributed by atoms with Gasteiger partial charge < -0.3 is 0 Å². The minimum absolute atomic E-state index is 0.0377. The van der Waals surface area contributed by atoms with Crippen molar-refractivity contribution in [2.24, 2.45) is 5.92 Å². The largest absolute Gasteiger partial charge is 0.339 e. The summed E-state index contributed by atoms with van der Waals surface area (Å²) in [7, 11) is 0. The summed E-state index contributed by atoms with van der Waals surface area (Å²) in [6.45, 7) is 3.12. The summed E-state index contributed by atoms with van der Waals surface area (Å²) in [5.74, 6) is 0.299. The van der Waals surface area contributed by atoms with Crippen LogP contribution in [0.1, 0.15) is 24.8 Å². The highest BCUT2D eigenvalue weighted by molar-refractivity contribution is 5.93. The Morgan fingerprint density at radius 1 is 1.00 bits per heavy atom. The van der Waals surface area contributed by atoms with Gasteiger partial charge in [-0.2, -0.15) is 0 Å². The Morgan fingerprint density at radius 3 is 2.67 bits per heavy atom. The molecule has 4 rings (SSSR count). The molecule has 2 aromatic rings. The number of hydrogen-bond donors (Lipinski definition) is 0. The molecule has 2 aliphatic heterocycles. The van der Waals surface area contributed by atoms with E-state index in [9.17, 15) is 9.18 Å². The van der Waals surface area contributed by atoms with Crippen LogP contribution in [0.5, 0.6) is 0 Å². The number of anilines is 1. The molecule has 4 nitrogen and oxygen atoms in total. The van der Waals surface area contributed by atoms with Gasteiger partial charge in [0.1, 0.15) is 5.82 Å². The summed E-state index contributed by atoms with van der Waals surface area (Å²) in [6, 6.07) is 16.8. The zero-order valence-corrected chi connectivity index (χ0v) is 15.6. The van der Waals surface area contributed by atoms with Gasteiger partial charge in [0.25, 0.3) is 0 Å². The number of urea groups is 1. The number of carbonyl (C=O) groups is 1. The number of rotatable bonds is 5. The topological polar surface area (TPSA) is 26.8 Å². The van der Waals surface area contributed by atoms with Crippen LogP contribution in [0, 0.1) is 11.7 Å². The molecular weight excluding hydrogens is 341 g/mol. The van der Waals surface area contributed by atoms with E-state index in [-0.39, 0.29) is 11.8 Å². The fourth-order valence-electron chi connectivity index (χ4n) is 4.18. The molecule has 2 aromatic carbocycles. The molecule has 0 N–H and O–H groups in total. The summed E-state index contributed by atoms with van der Waals surface area (Å²) >= 11 is 0. The quantitative estimate of drug-likeness (QED) is 0.787. The van der Waals surface area contributed by atoms with Crippen molar-refractivity contribution in [1.82, 2.24) is 10.0 Å². The molecule has 0 spiro atoms. The van der Waals surface area contributed by atoms with Crippen molar-refractivity contribution in [2.75, 3.05) is 31.1 Å². The van der Waals surface area contributed by atoms with Gasteiger partial charge in [-0.25, -0.2) is 14.2 Å². The second kappa shape index (κ2) is 8.09. The molecule has 1 atom stereocenters. The van der Waals surface area contributed by atoms with Gasteiger partial charge in [0.05, 0.1) is 6.54 Å². The highest BCUT2D eigenvalue weighted by atomic mass is 19.1. The summed E-state index contributed by atoms with van der Waals surface area (Å²) in [4.78, 5) is 14.6. The van der Waals surface area contributed by atoms with Crippen LogP contribution in [-0.2, 0) is 6.42 Å². The molecular formula is C22H26FN3O. The van der Waals surface area contributed by atoms with E-state index in [2.05, 4.69) is 35.3 Å². The van der Waals surface area contributed by atoms with Crippen LogP contribution in [0.15, 0.2) is 54.6 Å². The Morgan fingerprint density at radius 2 is 1.85 bits per heavy atom. The first kappa shape index (κ1) is 18.0. The zero-order valence-electron chi connectivity index (χ0n) is 15.6. The molecule has 27 heavy (non-hydrogen) atoms. The smallest absolute Gasteiger partial charge is 0.291 e. The van der Waals surface area contributed by atoms with Crippen LogP contribution < -0.4 is 4.90 Å². The first-order chi connectivity index (χ1) is 13.2. The van der Waals surface area contributed by atoms with E-state index < -0.39 is 0 Å². The van der Waals surface area contributed by atoms with Gasteiger partial charge in [-0.1, -0.05) is 36.4 Å². The monoisotopic (exact) mass is 367 g/mol. The predicted molar refractivity (Wildman–Crippen MR) is 105 cm³/mol.